The van der Waals surface area contributed by atoms with Gasteiger partial charge in [0.05, 0.1) is 13.2 Å². The van der Waals surface area contributed by atoms with Crippen LogP contribution in [0.3, 0.4) is 0 Å². The largest absolute Gasteiger partial charge is 0.465 e. The Morgan fingerprint density at radius 2 is 2.31 bits per heavy atom. The number of ether oxygens (including phenoxy) is 1. The lowest BCUT2D eigenvalue weighted by atomic mass is 10.2. The second kappa shape index (κ2) is 4.07. The van der Waals surface area contributed by atoms with E-state index >= 15 is 0 Å². The Kier molecular flexibility index (Phi) is 3.27. The third-order valence-corrected chi connectivity index (χ3v) is 2.32. The van der Waals surface area contributed by atoms with Crippen LogP contribution in [0.2, 0.25) is 0 Å². The molecule has 1 aliphatic rings. The molecule has 13 heavy (non-hydrogen) atoms. The number of hydrogen-bond acceptors (Lipinski definition) is 4. The molecule has 0 aromatic rings. The van der Waals surface area contributed by atoms with Crippen molar-refractivity contribution < 1.29 is 14.6 Å². The number of carbonyl (C=O) groups is 1. The van der Waals surface area contributed by atoms with E-state index in [-0.39, 0.29) is 24.2 Å². The first-order valence-corrected chi connectivity index (χ1v) is 4.69. The fourth-order valence-electron chi connectivity index (χ4n) is 1.28. The average Bonchev–Trinajstić information content (AvgIpc) is 2.86. The maximum Gasteiger partial charge on any atom is 0.322 e. The molecule has 1 aliphatic carbocycles. The summed E-state index contributed by atoms with van der Waals surface area (Å²) in [7, 11) is 0. The SMILES string of the molecule is CCOC(=O)C(C)NC1(CO)CC1. The van der Waals surface area contributed by atoms with E-state index in [2.05, 4.69) is 5.32 Å². The molecule has 1 atom stereocenters. The van der Waals surface area contributed by atoms with E-state index in [4.69, 9.17) is 9.84 Å². The van der Waals surface area contributed by atoms with E-state index in [9.17, 15) is 4.79 Å². The molecule has 0 bridgehead atoms. The number of aliphatic hydroxyl groups is 1. The lowest BCUT2D eigenvalue weighted by molar-refractivity contribution is -0.145. The summed E-state index contributed by atoms with van der Waals surface area (Å²) in [6.45, 7) is 4.03. The summed E-state index contributed by atoms with van der Waals surface area (Å²) in [5.41, 5.74) is -0.202. The van der Waals surface area contributed by atoms with Crippen LogP contribution in [0.5, 0.6) is 0 Å². The first-order chi connectivity index (χ1) is 6.13. The van der Waals surface area contributed by atoms with E-state index in [0.29, 0.717) is 6.61 Å². The highest BCUT2D eigenvalue weighted by atomic mass is 16.5. The molecular weight excluding hydrogens is 170 g/mol. The second-order valence-corrected chi connectivity index (χ2v) is 3.56. The molecule has 0 radical (unpaired) electrons. The molecule has 4 heteroatoms. The molecule has 0 aromatic heterocycles. The van der Waals surface area contributed by atoms with Gasteiger partial charge in [0, 0.05) is 5.54 Å². The number of aliphatic hydroxyl groups excluding tert-OH is 1. The van der Waals surface area contributed by atoms with Crippen LogP contribution in [0.4, 0.5) is 0 Å². The zero-order valence-electron chi connectivity index (χ0n) is 8.17. The third kappa shape index (κ3) is 2.67. The Morgan fingerprint density at radius 3 is 2.69 bits per heavy atom. The standard InChI is InChI=1S/C9H17NO3/c1-3-13-8(12)7(2)10-9(6-11)4-5-9/h7,10-11H,3-6H2,1-2H3. The van der Waals surface area contributed by atoms with Gasteiger partial charge in [0.25, 0.3) is 0 Å². The minimum atomic E-state index is -0.324. The molecule has 0 aromatic carbocycles. The molecule has 1 saturated carbocycles. The van der Waals surface area contributed by atoms with E-state index in [1.807, 2.05) is 0 Å². The van der Waals surface area contributed by atoms with Gasteiger partial charge in [-0.15, -0.1) is 0 Å². The van der Waals surface area contributed by atoms with Crippen LogP contribution in [-0.4, -0.2) is 35.9 Å². The molecule has 0 spiro atoms. The van der Waals surface area contributed by atoms with Crippen LogP contribution < -0.4 is 5.32 Å². The van der Waals surface area contributed by atoms with Crippen molar-refractivity contribution >= 4 is 5.97 Å². The Morgan fingerprint density at radius 1 is 1.69 bits per heavy atom. The van der Waals surface area contributed by atoms with Crippen molar-refractivity contribution in [3.63, 3.8) is 0 Å². The van der Waals surface area contributed by atoms with Gasteiger partial charge < -0.3 is 9.84 Å². The summed E-state index contributed by atoms with van der Waals surface area (Å²) < 4.78 is 4.84. The van der Waals surface area contributed by atoms with Crippen molar-refractivity contribution in [1.82, 2.24) is 5.32 Å². The van der Waals surface area contributed by atoms with Crippen molar-refractivity contribution in [2.75, 3.05) is 13.2 Å². The fraction of sp³-hybridized carbons (Fsp3) is 0.889. The summed E-state index contributed by atoms with van der Waals surface area (Å²) in [5.74, 6) is -0.248. The first kappa shape index (κ1) is 10.5. The number of hydrogen-bond donors (Lipinski definition) is 2. The van der Waals surface area contributed by atoms with E-state index in [1.54, 1.807) is 13.8 Å². The summed E-state index contributed by atoms with van der Waals surface area (Å²) >= 11 is 0. The van der Waals surface area contributed by atoms with Gasteiger partial charge in [-0.05, 0) is 26.7 Å². The lowest BCUT2D eigenvalue weighted by Gasteiger charge is -2.19. The smallest absolute Gasteiger partial charge is 0.322 e. The molecule has 0 amide bonds. The molecule has 1 fully saturated rings. The highest BCUT2D eigenvalue weighted by Crippen LogP contribution is 2.34. The summed E-state index contributed by atoms with van der Waals surface area (Å²) in [6, 6.07) is -0.324. The Hall–Kier alpha value is -0.610. The van der Waals surface area contributed by atoms with Gasteiger partial charge in [-0.25, -0.2) is 0 Å². The number of esters is 1. The number of rotatable bonds is 5. The molecule has 4 nitrogen and oxygen atoms in total. The first-order valence-electron chi connectivity index (χ1n) is 4.69. The van der Waals surface area contributed by atoms with Gasteiger partial charge in [-0.1, -0.05) is 0 Å². The monoisotopic (exact) mass is 187 g/mol. The Bertz CT molecular complexity index is 189. The van der Waals surface area contributed by atoms with Crippen molar-refractivity contribution in [2.24, 2.45) is 0 Å². The van der Waals surface area contributed by atoms with Gasteiger partial charge in [0.15, 0.2) is 0 Å². The van der Waals surface area contributed by atoms with Crippen molar-refractivity contribution in [1.29, 1.82) is 0 Å². The summed E-state index contributed by atoms with van der Waals surface area (Å²) in [4.78, 5) is 11.2. The molecule has 1 rings (SSSR count). The summed E-state index contributed by atoms with van der Waals surface area (Å²) in [5, 5.41) is 12.1. The molecule has 0 heterocycles. The van der Waals surface area contributed by atoms with Gasteiger partial charge in [-0.2, -0.15) is 0 Å². The molecule has 76 valence electrons. The minimum Gasteiger partial charge on any atom is -0.465 e. The van der Waals surface area contributed by atoms with Gasteiger partial charge in [0.2, 0.25) is 0 Å². The summed E-state index contributed by atoms with van der Waals surface area (Å²) in [6.07, 6.45) is 1.88. The Balaban J connectivity index is 2.32. The minimum absolute atomic E-state index is 0.0940. The molecular formula is C9H17NO3. The van der Waals surface area contributed by atoms with Gasteiger partial charge in [-0.3, -0.25) is 10.1 Å². The predicted octanol–water partition coefficient (Wildman–Crippen LogP) is 0.0525. The van der Waals surface area contributed by atoms with Crippen molar-refractivity contribution in [2.45, 2.75) is 38.3 Å². The van der Waals surface area contributed by atoms with Crippen LogP contribution in [0.15, 0.2) is 0 Å². The zero-order valence-corrected chi connectivity index (χ0v) is 8.17. The molecule has 0 saturated heterocycles. The average molecular weight is 187 g/mol. The highest BCUT2D eigenvalue weighted by molar-refractivity contribution is 5.75. The topological polar surface area (TPSA) is 58.6 Å². The van der Waals surface area contributed by atoms with Gasteiger partial charge in [0.1, 0.15) is 6.04 Å². The molecule has 2 N–H and O–H groups in total. The van der Waals surface area contributed by atoms with E-state index in [0.717, 1.165) is 12.8 Å². The zero-order chi connectivity index (χ0) is 9.90. The maximum atomic E-state index is 11.2. The van der Waals surface area contributed by atoms with Crippen molar-refractivity contribution in [3.8, 4) is 0 Å². The Labute approximate surface area is 78.3 Å². The van der Waals surface area contributed by atoms with Gasteiger partial charge >= 0.3 is 5.97 Å². The van der Waals surface area contributed by atoms with E-state index in [1.165, 1.54) is 0 Å². The van der Waals surface area contributed by atoms with Crippen LogP contribution in [0.1, 0.15) is 26.7 Å². The highest BCUT2D eigenvalue weighted by Gasteiger charge is 2.43. The fourth-order valence-corrected chi connectivity index (χ4v) is 1.28. The van der Waals surface area contributed by atoms with Crippen LogP contribution in [-0.2, 0) is 9.53 Å². The van der Waals surface area contributed by atoms with E-state index < -0.39 is 0 Å². The van der Waals surface area contributed by atoms with Crippen molar-refractivity contribution in [3.05, 3.63) is 0 Å². The van der Waals surface area contributed by atoms with Crippen LogP contribution >= 0.6 is 0 Å². The normalized spacial score (nSPS) is 20.8. The maximum absolute atomic E-state index is 11.2. The van der Waals surface area contributed by atoms with Crippen LogP contribution in [0.25, 0.3) is 0 Å². The second-order valence-electron chi connectivity index (χ2n) is 3.56. The quantitative estimate of drug-likeness (QED) is 0.597. The van der Waals surface area contributed by atoms with Crippen LogP contribution in [0, 0.1) is 0 Å². The third-order valence-electron chi connectivity index (χ3n) is 2.32. The molecule has 1 unspecified atom stereocenters. The predicted molar refractivity (Wildman–Crippen MR) is 48.3 cm³/mol. The number of carbonyl (C=O) groups excluding carboxylic acids is 1. The molecule has 0 aliphatic heterocycles. The lowest BCUT2D eigenvalue weighted by Crippen LogP contribution is -2.45. The number of nitrogens with one attached hydrogen (secondary N) is 1.